The molecule has 1 heterocycles. The first-order valence-corrected chi connectivity index (χ1v) is 8.28. The van der Waals surface area contributed by atoms with Gasteiger partial charge in [0.25, 0.3) is 0 Å². The summed E-state index contributed by atoms with van der Waals surface area (Å²) < 4.78 is 12.5. The Morgan fingerprint density at radius 3 is 2.15 bits per heavy atom. The number of rotatable bonds is 4. The molecule has 0 aliphatic carbocycles. The van der Waals surface area contributed by atoms with Crippen LogP contribution in [-0.4, -0.2) is 14.2 Å². The highest BCUT2D eigenvalue weighted by molar-refractivity contribution is 9.10. The third kappa shape index (κ3) is 3.20. The molecule has 0 saturated carbocycles. The van der Waals surface area contributed by atoms with Gasteiger partial charge in [0.15, 0.2) is 11.5 Å². The van der Waals surface area contributed by atoms with Crippen molar-refractivity contribution in [2.45, 2.75) is 5.38 Å². The van der Waals surface area contributed by atoms with Crippen LogP contribution in [0.15, 0.2) is 22.7 Å². The van der Waals surface area contributed by atoms with Crippen molar-refractivity contribution in [3.63, 3.8) is 0 Å². The minimum absolute atomic E-state index is 0.430. The maximum absolute atomic E-state index is 6.52. The lowest BCUT2D eigenvalue weighted by atomic mass is 10.1. The van der Waals surface area contributed by atoms with Gasteiger partial charge in [-0.2, -0.15) is 0 Å². The average Bonchev–Trinajstić information content (AvgIpc) is 2.76. The lowest BCUT2D eigenvalue weighted by Crippen LogP contribution is -1.97. The summed E-state index contributed by atoms with van der Waals surface area (Å²) in [7, 11) is 3.16. The maximum Gasteiger partial charge on any atom is 0.161 e. The van der Waals surface area contributed by atoms with Gasteiger partial charge >= 0.3 is 0 Å². The van der Waals surface area contributed by atoms with Crippen molar-refractivity contribution >= 4 is 62.1 Å². The topological polar surface area (TPSA) is 18.5 Å². The normalized spacial score (nSPS) is 12.3. The van der Waals surface area contributed by atoms with E-state index in [2.05, 4.69) is 15.9 Å². The number of methoxy groups -OCH3 is 2. The van der Waals surface area contributed by atoms with E-state index in [0.717, 1.165) is 15.6 Å². The highest BCUT2D eigenvalue weighted by atomic mass is 79.9. The molecular formula is C13H10BrCl3O2S. The van der Waals surface area contributed by atoms with Crippen LogP contribution in [0.3, 0.4) is 0 Å². The van der Waals surface area contributed by atoms with Gasteiger partial charge in [0, 0.05) is 10.0 Å². The van der Waals surface area contributed by atoms with Gasteiger partial charge in [-0.15, -0.1) is 22.9 Å². The maximum atomic E-state index is 6.52. The fourth-order valence-electron chi connectivity index (χ4n) is 1.76. The summed E-state index contributed by atoms with van der Waals surface area (Å²) in [4.78, 5) is 0. The third-order valence-corrected chi connectivity index (χ3v) is 5.41. The molecule has 0 saturated heterocycles. The van der Waals surface area contributed by atoms with Gasteiger partial charge in [0.1, 0.15) is 0 Å². The van der Waals surface area contributed by atoms with Crippen LogP contribution in [0.25, 0.3) is 0 Å². The Labute approximate surface area is 144 Å². The smallest absolute Gasteiger partial charge is 0.161 e. The summed E-state index contributed by atoms with van der Waals surface area (Å²) in [6, 6.07) is 5.41. The average molecular weight is 417 g/mol. The molecule has 0 radical (unpaired) electrons. The predicted octanol–water partition coefficient (Wildman–Crippen LogP) is 6.16. The van der Waals surface area contributed by atoms with Gasteiger partial charge in [0.2, 0.25) is 0 Å². The Kier molecular flexibility index (Phi) is 5.49. The lowest BCUT2D eigenvalue weighted by Gasteiger charge is -2.15. The second-order valence-corrected chi connectivity index (χ2v) is 7.45. The molecule has 0 fully saturated rings. The highest BCUT2D eigenvalue weighted by Crippen LogP contribution is 2.45. The summed E-state index contributed by atoms with van der Waals surface area (Å²) in [5.74, 6) is 1.23. The van der Waals surface area contributed by atoms with Gasteiger partial charge in [0.05, 0.1) is 28.3 Å². The zero-order valence-electron chi connectivity index (χ0n) is 10.5. The van der Waals surface area contributed by atoms with Crippen molar-refractivity contribution in [3.05, 3.63) is 42.5 Å². The van der Waals surface area contributed by atoms with E-state index in [1.165, 1.54) is 11.3 Å². The highest BCUT2D eigenvalue weighted by Gasteiger charge is 2.21. The minimum atomic E-state index is -0.430. The molecule has 2 nitrogen and oxygen atoms in total. The molecule has 0 amide bonds. The number of thiophene rings is 1. The van der Waals surface area contributed by atoms with Gasteiger partial charge in [-0.1, -0.05) is 39.1 Å². The zero-order chi connectivity index (χ0) is 14.9. The van der Waals surface area contributed by atoms with Crippen LogP contribution < -0.4 is 9.47 Å². The molecule has 1 atom stereocenters. The second-order valence-electron chi connectivity index (χ2n) is 3.87. The van der Waals surface area contributed by atoms with Gasteiger partial charge < -0.3 is 9.47 Å². The molecule has 1 aromatic carbocycles. The van der Waals surface area contributed by atoms with Crippen LogP contribution in [0, 0.1) is 0 Å². The van der Waals surface area contributed by atoms with Crippen LogP contribution in [0.4, 0.5) is 0 Å². The summed E-state index contributed by atoms with van der Waals surface area (Å²) in [6.45, 7) is 0. The molecule has 0 N–H and O–H groups in total. The number of hydrogen-bond acceptors (Lipinski definition) is 3. The van der Waals surface area contributed by atoms with E-state index in [9.17, 15) is 0 Å². The quantitative estimate of drug-likeness (QED) is 0.556. The van der Waals surface area contributed by atoms with E-state index in [1.807, 2.05) is 12.1 Å². The number of hydrogen-bond donors (Lipinski definition) is 0. The molecule has 0 aliphatic rings. The molecule has 1 unspecified atom stereocenters. The molecular weight excluding hydrogens is 406 g/mol. The largest absolute Gasteiger partial charge is 0.493 e. The third-order valence-electron chi connectivity index (χ3n) is 2.73. The fourth-order valence-corrected chi connectivity index (χ4v) is 4.45. The Morgan fingerprint density at radius 1 is 1.05 bits per heavy atom. The van der Waals surface area contributed by atoms with E-state index in [-0.39, 0.29) is 0 Å². The van der Waals surface area contributed by atoms with Crippen LogP contribution in [0.5, 0.6) is 11.5 Å². The van der Waals surface area contributed by atoms with Gasteiger partial charge in [-0.05, 0) is 23.8 Å². The van der Waals surface area contributed by atoms with Crippen molar-refractivity contribution in [2.75, 3.05) is 14.2 Å². The molecule has 108 valence electrons. The summed E-state index contributed by atoms with van der Waals surface area (Å²) in [5, 5.41) is -0.430. The number of halogens is 4. The van der Waals surface area contributed by atoms with Crippen LogP contribution in [0.2, 0.25) is 8.67 Å². The zero-order valence-corrected chi connectivity index (χ0v) is 15.2. The summed E-state index contributed by atoms with van der Waals surface area (Å²) in [6.07, 6.45) is 0. The van der Waals surface area contributed by atoms with Crippen LogP contribution in [-0.2, 0) is 0 Å². The lowest BCUT2D eigenvalue weighted by molar-refractivity contribution is 0.354. The van der Waals surface area contributed by atoms with Crippen molar-refractivity contribution < 1.29 is 9.47 Å². The Bertz CT molecular complexity index is 630. The summed E-state index contributed by atoms with van der Waals surface area (Å²) >= 11 is 23.4. The van der Waals surface area contributed by atoms with E-state index in [0.29, 0.717) is 20.2 Å². The van der Waals surface area contributed by atoms with E-state index < -0.39 is 5.38 Å². The number of benzene rings is 1. The summed E-state index contributed by atoms with van der Waals surface area (Å²) in [5.41, 5.74) is 1.61. The van der Waals surface area contributed by atoms with Crippen molar-refractivity contribution in [1.82, 2.24) is 0 Å². The second kappa shape index (κ2) is 6.75. The van der Waals surface area contributed by atoms with Gasteiger partial charge in [-0.3, -0.25) is 0 Å². The Hall–Kier alpha value is -0.130. The Balaban J connectivity index is 2.49. The predicted molar refractivity (Wildman–Crippen MR) is 89.3 cm³/mol. The molecule has 0 aliphatic heterocycles. The van der Waals surface area contributed by atoms with E-state index in [4.69, 9.17) is 44.3 Å². The number of ether oxygens (including phenoxy) is 2. The SMILES string of the molecule is COc1cc(Br)c(C(Cl)c2cc(Cl)sc2Cl)cc1OC. The number of alkyl halides is 1. The van der Waals surface area contributed by atoms with Crippen molar-refractivity contribution in [2.24, 2.45) is 0 Å². The van der Waals surface area contributed by atoms with E-state index >= 15 is 0 Å². The first-order chi connectivity index (χ1) is 9.47. The van der Waals surface area contributed by atoms with Crippen molar-refractivity contribution in [3.8, 4) is 11.5 Å². The fraction of sp³-hybridized carbons (Fsp3) is 0.231. The van der Waals surface area contributed by atoms with Crippen molar-refractivity contribution in [1.29, 1.82) is 0 Å². The monoisotopic (exact) mass is 414 g/mol. The molecule has 2 rings (SSSR count). The molecule has 20 heavy (non-hydrogen) atoms. The first kappa shape index (κ1) is 16.2. The molecule has 0 spiro atoms. The molecule has 1 aromatic heterocycles. The first-order valence-electron chi connectivity index (χ1n) is 5.48. The standard InChI is InChI=1S/C13H10BrCl3O2S/c1-18-9-3-6(8(14)5-10(9)19-2)12(16)7-4-11(15)20-13(7)17/h3-5,12H,1-2H3. The Morgan fingerprint density at radius 2 is 1.65 bits per heavy atom. The molecule has 7 heteroatoms. The van der Waals surface area contributed by atoms with Crippen LogP contribution in [0.1, 0.15) is 16.5 Å². The molecule has 2 aromatic rings. The minimum Gasteiger partial charge on any atom is -0.493 e. The van der Waals surface area contributed by atoms with Gasteiger partial charge in [-0.25, -0.2) is 0 Å². The van der Waals surface area contributed by atoms with Crippen LogP contribution >= 0.6 is 62.1 Å². The van der Waals surface area contributed by atoms with E-state index in [1.54, 1.807) is 20.3 Å². The molecule has 0 bridgehead atoms.